The highest BCUT2D eigenvalue weighted by molar-refractivity contribution is 14.1. The van der Waals surface area contributed by atoms with Gasteiger partial charge in [0.05, 0.1) is 5.69 Å². The van der Waals surface area contributed by atoms with Crippen LogP contribution in [0.25, 0.3) is 0 Å². The van der Waals surface area contributed by atoms with Crippen molar-refractivity contribution in [3.8, 4) is 0 Å². The second-order valence-corrected chi connectivity index (χ2v) is 6.81. The molecule has 0 aromatic heterocycles. The van der Waals surface area contributed by atoms with Crippen molar-refractivity contribution in [2.75, 3.05) is 32.5 Å². The van der Waals surface area contributed by atoms with Crippen LogP contribution in [0.1, 0.15) is 6.92 Å². The lowest BCUT2D eigenvalue weighted by Crippen LogP contribution is -2.37. The average Bonchev–Trinajstić information content (AvgIpc) is 2.47. The Morgan fingerprint density at radius 1 is 1.27 bits per heavy atom. The fraction of sp³-hybridized carbons (Fsp3) is 0.312. The van der Waals surface area contributed by atoms with E-state index in [4.69, 9.17) is 0 Å². The van der Waals surface area contributed by atoms with Gasteiger partial charge in [0.1, 0.15) is 17.5 Å². The maximum absolute atomic E-state index is 14.1. The van der Waals surface area contributed by atoms with Gasteiger partial charge in [0.15, 0.2) is 0 Å². The van der Waals surface area contributed by atoms with Crippen LogP contribution in [-0.4, -0.2) is 42.8 Å². The smallest absolute Gasteiger partial charge is 0.147 e. The fourth-order valence-corrected chi connectivity index (χ4v) is 3.00. The maximum Gasteiger partial charge on any atom is 0.147 e. The van der Waals surface area contributed by atoms with Gasteiger partial charge in [0.2, 0.25) is 0 Å². The summed E-state index contributed by atoms with van der Waals surface area (Å²) in [5, 5.41) is 3.23. The largest absolute Gasteiger partial charge is 0.359 e. The molecule has 0 radical (unpaired) electrons. The molecule has 22 heavy (non-hydrogen) atoms. The molecule has 0 saturated heterocycles. The molecule has 0 unspecified atom stereocenters. The van der Waals surface area contributed by atoms with Crippen LogP contribution in [0, 0.1) is 9.39 Å². The molecule has 0 aliphatic carbocycles. The number of nitrogens with one attached hydrogen (secondary N) is 1. The predicted octanol–water partition coefficient (Wildman–Crippen LogP) is 3.25. The number of halogens is 2. The van der Waals surface area contributed by atoms with Gasteiger partial charge in [-0.2, -0.15) is 0 Å². The van der Waals surface area contributed by atoms with Gasteiger partial charge >= 0.3 is 0 Å². The van der Waals surface area contributed by atoms with Crippen molar-refractivity contribution in [3.63, 3.8) is 0 Å². The van der Waals surface area contributed by atoms with E-state index in [1.165, 1.54) is 6.07 Å². The standard InChI is InChI=1S/C16H18FIN4/c1-10-19-16-12(9-22(10)3)14(6-7-21(16)2)20-15-5-4-11(18)8-13(15)17/h4-6,8,20H,7,9H2,1-3H3. The van der Waals surface area contributed by atoms with Crippen molar-refractivity contribution >= 4 is 34.1 Å². The van der Waals surface area contributed by atoms with Gasteiger partial charge in [-0.3, -0.25) is 0 Å². The summed E-state index contributed by atoms with van der Waals surface area (Å²) < 4.78 is 15.0. The van der Waals surface area contributed by atoms with Crippen LogP contribution in [0.2, 0.25) is 0 Å². The third kappa shape index (κ3) is 2.84. The van der Waals surface area contributed by atoms with E-state index in [1.807, 2.05) is 27.1 Å². The van der Waals surface area contributed by atoms with Gasteiger partial charge in [-0.05, 0) is 53.8 Å². The third-order valence-corrected chi connectivity index (χ3v) is 4.61. The number of nitrogens with zero attached hydrogens (tertiary/aromatic N) is 3. The van der Waals surface area contributed by atoms with E-state index in [2.05, 4.69) is 48.8 Å². The Bertz CT molecular complexity index is 708. The molecule has 0 amide bonds. The van der Waals surface area contributed by atoms with Crippen LogP contribution in [0.15, 0.2) is 46.4 Å². The highest BCUT2D eigenvalue weighted by Gasteiger charge is 2.25. The first-order chi connectivity index (χ1) is 10.5. The molecule has 116 valence electrons. The minimum absolute atomic E-state index is 0.238. The number of hydrogen-bond acceptors (Lipinski definition) is 4. The summed E-state index contributed by atoms with van der Waals surface area (Å²) in [5.41, 5.74) is 2.54. The molecule has 0 saturated carbocycles. The van der Waals surface area contributed by atoms with Gasteiger partial charge < -0.3 is 15.1 Å². The molecule has 1 aromatic rings. The second kappa shape index (κ2) is 5.91. The first-order valence-corrected chi connectivity index (χ1v) is 8.17. The Kier molecular flexibility index (Phi) is 4.12. The Hall–Kier alpha value is -1.57. The zero-order valence-electron chi connectivity index (χ0n) is 12.8. The van der Waals surface area contributed by atoms with E-state index in [1.54, 1.807) is 6.07 Å². The van der Waals surface area contributed by atoms with Crippen LogP contribution in [0.4, 0.5) is 10.1 Å². The number of aliphatic imine (C=N–C) groups is 1. The lowest BCUT2D eigenvalue weighted by molar-refractivity contribution is 0.417. The number of hydrogen-bond donors (Lipinski definition) is 1. The molecule has 4 nitrogen and oxygen atoms in total. The van der Waals surface area contributed by atoms with E-state index in [0.29, 0.717) is 5.69 Å². The first kappa shape index (κ1) is 15.3. The normalized spacial score (nSPS) is 18.0. The molecule has 0 bridgehead atoms. The number of rotatable bonds is 2. The molecule has 1 N–H and O–H groups in total. The zero-order valence-corrected chi connectivity index (χ0v) is 15.0. The Balaban J connectivity index is 1.94. The third-order valence-electron chi connectivity index (χ3n) is 3.94. The zero-order chi connectivity index (χ0) is 15.9. The van der Waals surface area contributed by atoms with Crippen molar-refractivity contribution in [2.45, 2.75) is 6.92 Å². The van der Waals surface area contributed by atoms with E-state index >= 15 is 0 Å². The highest BCUT2D eigenvalue weighted by Crippen LogP contribution is 2.29. The molecule has 0 fully saturated rings. The van der Waals surface area contributed by atoms with Crippen molar-refractivity contribution in [2.24, 2.45) is 4.99 Å². The molecule has 6 heteroatoms. The summed E-state index contributed by atoms with van der Waals surface area (Å²) in [4.78, 5) is 8.87. The monoisotopic (exact) mass is 412 g/mol. The Morgan fingerprint density at radius 2 is 2.05 bits per heavy atom. The summed E-state index contributed by atoms with van der Waals surface area (Å²) in [6, 6.07) is 5.20. The molecule has 2 aliphatic rings. The predicted molar refractivity (Wildman–Crippen MR) is 96.2 cm³/mol. The Labute approximate surface area is 143 Å². The molecule has 3 rings (SSSR count). The molecule has 2 heterocycles. The van der Waals surface area contributed by atoms with Gasteiger partial charge in [-0.15, -0.1) is 0 Å². The quantitative estimate of drug-likeness (QED) is 0.757. The minimum atomic E-state index is -0.238. The van der Waals surface area contributed by atoms with Crippen molar-refractivity contribution in [3.05, 3.63) is 50.8 Å². The Morgan fingerprint density at radius 3 is 2.77 bits per heavy atom. The van der Waals surface area contributed by atoms with Crippen LogP contribution in [-0.2, 0) is 0 Å². The molecule has 1 aromatic carbocycles. The second-order valence-electron chi connectivity index (χ2n) is 5.56. The molecule has 2 aliphatic heterocycles. The van der Waals surface area contributed by atoms with Crippen molar-refractivity contribution < 1.29 is 4.39 Å². The molecular formula is C16H18FIN4. The van der Waals surface area contributed by atoms with E-state index in [0.717, 1.165) is 39.6 Å². The number of anilines is 1. The first-order valence-electron chi connectivity index (χ1n) is 7.09. The van der Waals surface area contributed by atoms with E-state index in [-0.39, 0.29) is 5.82 Å². The SMILES string of the molecule is CC1=NC2=C(CN1C)C(Nc1ccc(I)cc1F)=CCN2C. The summed E-state index contributed by atoms with van der Waals surface area (Å²) in [5.74, 6) is 1.72. The van der Waals surface area contributed by atoms with Crippen LogP contribution < -0.4 is 5.32 Å². The summed E-state index contributed by atoms with van der Waals surface area (Å²) in [6.45, 7) is 3.52. The summed E-state index contributed by atoms with van der Waals surface area (Å²) >= 11 is 2.11. The highest BCUT2D eigenvalue weighted by atomic mass is 127. The summed E-state index contributed by atoms with van der Waals surface area (Å²) in [7, 11) is 4.04. The average molecular weight is 412 g/mol. The molecule has 0 atom stereocenters. The van der Waals surface area contributed by atoms with Crippen LogP contribution in [0.3, 0.4) is 0 Å². The van der Waals surface area contributed by atoms with Gasteiger partial charge in [0, 0.05) is 42.0 Å². The number of amidine groups is 1. The van der Waals surface area contributed by atoms with Crippen LogP contribution >= 0.6 is 22.6 Å². The lowest BCUT2D eigenvalue weighted by atomic mass is 10.1. The van der Waals surface area contributed by atoms with E-state index in [9.17, 15) is 4.39 Å². The van der Waals surface area contributed by atoms with Crippen LogP contribution in [0.5, 0.6) is 0 Å². The number of benzene rings is 1. The van der Waals surface area contributed by atoms with Gasteiger partial charge in [0.25, 0.3) is 0 Å². The molecule has 0 spiro atoms. The van der Waals surface area contributed by atoms with Gasteiger partial charge in [-0.25, -0.2) is 9.38 Å². The van der Waals surface area contributed by atoms with Gasteiger partial charge in [-0.1, -0.05) is 0 Å². The topological polar surface area (TPSA) is 30.9 Å². The lowest BCUT2D eigenvalue weighted by Gasteiger charge is -2.35. The van der Waals surface area contributed by atoms with E-state index < -0.39 is 0 Å². The minimum Gasteiger partial charge on any atom is -0.359 e. The summed E-state index contributed by atoms with van der Waals surface area (Å²) in [6.07, 6.45) is 2.08. The van der Waals surface area contributed by atoms with Crippen molar-refractivity contribution in [1.82, 2.24) is 9.80 Å². The molecular weight excluding hydrogens is 394 g/mol. The number of likely N-dealkylation sites (N-methyl/N-ethyl adjacent to an activating group) is 2. The fourth-order valence-electron chi connectivity index (χ4n) is 2.55. The maximum atomic E-state index is 14.1. The van der Waals surface area contributed by atoms with Crippen molar-refractivity contribution in [1.29, 1.82) is 0 Å².